The molecule has 7 nitrogen and oxygen atoms in total. The molecule has 8 heteroatoms. The molecule has 1 aromatic heterocycles. The van der Waals surface area contributed by atoms with Crippen molar-refractivity contribution >= 4 is 34.9 Å². The standard InChI is InChI=1S/C23H30ClN5O2/c1-3-5-12-28(4-2)23(31)19-15-17(16-26-21(19)29-13-10-25-11-14-29)27-22(30)18-8-6-7-9-20(18)24/h6-9,15-16,25H,3-5,10-14H2,1-2H3,(H,27,30). The maximum atomic E-state index is 13.4. The van der Waals surface area contributed by atoms with Gasteiger partial charge in [0.1, 0.15) is 5.82 Å². The van der Waals surface area contributed by atoms with E-state index in [0.717, 1.165) is 39.0 Å². The highest BCUT2D eigenvalue weighted by atomic mass is 35.5. The van der Waals surface area contributed by atoms with Gasteiger partial charge in [0, 0.05) is 39.3 Å². The lowest BCUT2D eigenvalue weighted by Crippen LogP contribution is -2.45. The second-order valence-electron chi connectivity index (χ2n) is 7.50. The monoisotopic (exact) mass is 443 g/mol. The molecular weight excluding hydrogens is 414 g/mol. The summed E-state index contributed by atoms with van der Waals surface area (Å²) in [6.45, 7) is 8.64. The lowest BCUT2D eigenvalue weighted by Gasteiger charge is -2.31. The predicted octanol–water partition coefficient (Wildman–Crippen LogP) is 3.66. The number of anilines is 2. The van der Waals surface area contributed by atoms with E-state index in [-0.39, 0.29) is 11.8 Å². The van der Waals surface area contributed by atoms with E-state index in [4.69, 9.17) is 11.6 Å². The number of nitrogens with one attached hydrogen (secondary N) is 2. The summed E-state index contributed by atoms with van der Waals surface area (Å²) in [4.78, 5) is 34.7. The molecule has 1 fully saturated rings. The van der Waals surface area contributed by atoms with Crippen LogP contribution < -0.4 is 15.5 Å². The van der Waals surface area contributed by atoms with Gasteiger partial charge in [0.2, 0.25) is 0 Å². The normalized spacial score (nSPS) is 13.7. The zero-order chi connectivity index (χ0) is 22.2. The highest BCUT2D eigenvalue weighted by Gasteiger charge is 2.24. The summed E-state index contributed by atoms with van der Waals surface area (Å²) >= 11 is 6.15. The van der Waals surface area contributed by atoms with Crippen LogP contribution in [0.3, 0.4) is 0 Å². The molecule has 0 radical (unpaired) electrons. The van der Waals surface area contributed by atoms with Crippen molar-refractivity contribution in [2.75, 3.05) is 49.5 Å². The molecule has 3 rings (SSSR count). The van der Waals surface area contributed by atoms with Gasteiger partial charge in [0.15, 0.2) is 0 Å². The average Bonchev–Trinajstić information content (AvgIpc) is 2.80. The number of unbranched alkanes of at least 4 members (excludes halogenated alkanes) is 1. The Balaban J connectivity index is 1.91. The Hall–Kier alpha value is -2.64. The minimum atomic E-state index is -0.334. The Bertz CT molecular complexity index is 915. The van der Waals surface area contributed by atoms with Gasteiger partial charge in [-0.05, 0) is 31.5 Å². The van der Waals surface area contributed by atoms with Gasteiger partial charge in [0.05, 0.1) is 28.0 Å². The number of carbonyl (C=O) groups excluding carboxylic acids is 2. The van der Waals surface area contributed by atoms with Crippen LogP contribution in [0.1, 0.15) is 47.4 Å². The van der Waals surface area contributed by atoms with Crippen molar-refractivity contribution in [3.8, 4) is 0 Å². The minimum Gasteiger partial charge on any atom is -0.353 e. The SMILES string of the molecule is CCCCN(CC)C(=O)c1cc(NC(=O)c2ccccc2Cl)cnc1N1CCNCC1. The number of amides is 2. The van der Waals surface area contributed by atoms with Crippen LogP contribution >= 0.6 is 11.6 Å². The molecule has 2 heterocycles. The number of piperazine rings is 1. The Morgan fingerprint density at radius 1 is 1.19 bits per heavy atom. The number of carbonyl (C=O) groups is 2. The molecule has 1 aromatic carbocycles. The van der Waals surface area contributed by atoms with Crippen LogP contribution in [0.2, 0.25) is 5.02 Å². The summed E-state index contributed by atoms with van der Waals surface area (Å²) in [5, 5.41) is 6.53. The summed E-state index contributed by atoms with van der Waals surface area (Å²) in [6, 6.07) is 8.60. The Kier molecular flexibility index (Phi) is 8.26. The fraction of sp³-hybridized carbons (Fsp3) is 0.435. The number of nitrogens with zero attached hydrogens (tertiary/aromatic N) is 3. The fourth-order valence-electron chi connectivity index (χ4n) is 3.58. The zero-order valence-corrected chi connectivity index (χ0v) is 18.9. The fourth-order valence-corrected chi connectivity index (χ4v) is 3.80. The number of benzene rings is 1. The van der Waals surface area contributed by atoms with Crippen molar-refractivity contribution < 1.29 is 9.59 Å². The first kappa shape index (κ1) is 23.0. The second kappa shape index (κ2) is 11.1. The van der Waals surface area contributed by atoms with E-state index in [9.17, 15) is 9.59 Å². The second-order valence-corrected chi connectivity index (χ2v) is 7.91. The van der Waals surface area contributed by atoms with E-state index in [1.165, 1.54) is 0 Å². The third-order valence-electron chi connectivity index (χ3n) is 5.34. The van der Waals surface area contributed by atoms with Gasteiger partial charge < -0.3 is 20.4 Å². The highest BCUT2D eigenvalue weighted by Crippen LogP contribution is 2.25. The zero-order valence-electron chi connectivity index (χ0n) is 18.2. The van der Waals surface area contributed by atoms with Gasteiger partial charge in [-0.2, -0.15) is 0 Å². The summed E-state index contributed by atoms with van der Waals surface area (Å²) < 4.78 is 0. The molecule has 0 bridgehead atoms. The van der Waals surface area contributed by atoms with Crippen molar-refractivity contribution in [2.24, 2.45) is 0 Å². The van der Waals surface area contributed by atoms with Crippen LogP contribution in [-0.4, -0.2) is 61.0 Å². The van der Waals surface area contributed by atoms with Gasteiger partial charge in [0.25, 0.3) is 11.8 Å². The van der Waals surface area contributed by atoms with Crippen LogP contribution in [0.15, 0.2) is 36.5 Å². The van der Waals surface area contributed by atoms with E-state index in [2.05, 4.69) is 27.4 Å². The van der Waals surface area contributed by atoms with Gasteiger partial charge in [-0.3, -0.25) is 9.59 Å². The smallest absolute Gasteiger partial charge is 0.257 e. The molecule has 2 amide bonds. The predicted molar refractivity (Wildman–Crippen MR) is 125 cm³/mol. The van der Waals surface area contributed by atoms with Gasteiger partial charge in [-0.1, -0.05) is 37.1 Å². The molecule has 31 heavy (non-hydrogen) atoms. The quantitative estimate of drug-likeness (QED) is 0.651. The molecule has 166 valence electrons. The molecular formula is C23H30ClN5O2. The number of hydrogen-bond acceptors (Lipinski definition) is 5. The van der Waals surface area contributed by atoms with Crippen LogP contribution in [0.25, 0.3) is 0 Å². The molecule has 0 unspecified atom stereocenters. The average molecular weight is 444 g/mol. The van der Waals surface area contributed by atoms with E-state index in [1.807, 2.05) is 11.8 Å². The maximum Gasteiger partial charge on any atom is 0.257 e. The first-order chi connectivity index (χ1) is 15.0. The molecule has 0 spiro atoms. The van der Waals surface area contributed by atoms with Crippen molar-refractivity contribution in [1.82, 2.24) is 15.2 Å². The van der Waals surface area contributed by atoms with Crippen LogP contribution in [0, 0.1) is 0 Å². The molecule has 0 atom stereocenters. The number of hydrogen-bond donors (Lipinski definition) is 2. The summed E-state index contributed by atoms with van der Waals surface area (Å²) in [6.07, 6.45) is 3.56. The number of halogens is 1. The van der Waals surface area contributed by atoms with E-state index in [0.29, 0.717) is 40.7 Å². The first-order valence-electron chi connectivity index (χ1n) is 10.9. The molecule has 1 saturated heterocycles. The van der Waals surface area contributed by atoms with Crippen LogP contribution in [0.5, 0.6) is 0 Å². The minimum absolute atomic E-state index is 0.0641. The van der Waals surface area contributed by atoms with E-state index >= 15 is 0 Å². The van der Waals surface area contributed by atoms with Crippen LogP contribution in [-0.2, 0) is 0 Å². The lowest BCUT2D eigenvalue weighted by atomic mass is 10.1. The third-order valence-corrected chi connectivity index (χ3v) is 5.67. The maximum absolute atomic E-state index is 13.4. The van der Waals surface area contributed by atoms with Crippen molar-refractivity contribution in [1.29, 1.82) is 0 Å². The first-order valence-corrected chi connectivity index (χ1v) is 11.2. The lowest BCUT2D eigenvalue weighted by molar-refractivity contribution is 0.0762. The molecule has 2 N–H and O–H groups in total. The number of rotatable bonds is 8. The Morgan fingerprint density at radius 3 is 2.61 bits per heavy atom. The topological polar surface area (TPSA) is 77.6 Å². The van der Waals surface area contributed by atoms with Gasteiger partial charge in [-0.25, -0.2) is 4.98 Å². The molecule has 1 aliphatic heterocycles. The van der Waals surface area contributed by atoms with Crippen molar-refractivity contribution in [2.45, 2.75) is 26.7 Å². The largest absolute Gasteiger partial charge is 0.353 e. The highest BCUT2D eigenvalue weighted by molar-refractivity contribution is 6.34. The van der Waals surface area contributed by atoms with Crippen LogP contribution in [0.4, 0.5) is 11.5 Å². The summed E-state index contributed by atoms with van der Waals surface area (Å²) in [5.74, 6) is 0.266. The molecule has 0 aliphatic carbocycles. The third kappa shape index (κ3) is 5.74. The van der Waals surface area contributed by atoms with E-state index < -0.39 is 0 Å². The van der Waals surface area contributed by atoms with Gasteiger partial charge in [-0.15, -0.1) is 0 Å². The number of aromatic nitrogens is 1. The van der Waals surface area contributed by atoms with Gasteiger partial charge >= 0.3 is 0 Å². The van der Waals surface area contributed by atoms with E-state index in [1.54, 1.807) is 36.5 Å². The Labute approximate surface area is 188 Å². The van der Waals surface area contributed by atoms with Crippen molar-refractivity contribution in [3.05, 3.63) is 52.7 Å². The molecule has 2 aromatic rings. The number of pyridine rings is 1. The van der Waals surface area contributed by atoms with Crippen molar-refractivity contribution in [3.63, 3.8) is 0 Å². The molecule has 0 saturated carbocycles. The summed E-state index contributed by atoms with van der Waals surface area (Å²) in [5.41, 5.74) is 1.36. The molecule has 1 aliphatic rings. The Morgan fingerprint density at radius 2 is 1.94 bits per heavy atom. The summed E-state index contributed by atoms with van der Waals surface area (Å²) in [7, 11) is 0.